The molecule has 0 aromatic carbocycles. The van der Waals surface area contributed by atoms with E-state index in [4.69, 9.17) is 9.97 Å². The quantitative estimate of drug-likeness (QED) is 0.182. The van der Waals surface area contributed by atoms with Crippen molar-refractivity contribution >= 4 is 68.4 Å². The summed E-state index contributed by atoms with van der Waals surface area (Å²) in [7, 11) is 0. The molecule has 0 saturated carbocycles. The molecule has 5 heterocycles. The number of carboxylic acid groups (broad SMARTS) is 2. The summed E-state index contributed by atoms with van der Waals surface area (Å²) in [5.41, 5.74) is 13.7. The average molecular weight is 664 g/mol. The van der Waals surface area contributed by atoms with Crippen LogP contribution in [0.4, 0.5) is 0 Å². The van der Waals surface area contributed by atoms with Gasteiger partial charge in [-0.2, -0.15) is 0 Å². The molecule has 0 spiro atoms. The van der Waals surface area contributed by atoms with Crippen LogP contribution < -0.4 is 0 Å². The van der Waals surface area contributed by atoms with Crippen molar-refractivity contribution in [2.45, 2.75) is 53.4 Å². The topological polar surface area (TPSA) is 132 Å². The molecule has 3 aromatic heterocycles. The molecule has 0 amide bonds. The van der Waals surface area contributed by atoms with E-state index < -0.39 is 11.9 Å². The van der Waals surface area contributed by atoms with Gasteiger partial charge in [0.1, 0.15) is 0 Å². The molecule has 0 aliphatic carbocycles. The van der Waals surface area contributed by atoms with Gasteiger partial charge in [-0.05, 0) is 98.2 Å². The number of carboxylic acids is 2. The second-order valence-corrected chi connectivity index (χ2v) is 10.7. The number of aromatic nitrogens is 4. The maximum Gasteiger partial charge on any atom is 3.00 e. The Bertz CT molecular complexity index is 1920. The number of H-pyrrole nitrogens is 2. The summed E-state index contributed by atoms with van der Waals surface area (Å²) < 4.78 is 0. The van der Waals surface area contributed by atoms with Crippen molar-refractivity contribution in [1.82, 2.24) is 19.9 Å². The molecule has 219 valence electrons. The number of nitrogens with one attached hydrogen (secondary N) is 2. The van der Waals surface area contributed by atoms with Gasteiger partial charge in [-0.1, -0.05) is 25.3 Å². The third-order valence-corrected chi connectivity index (χ3v) is 8.22. The van der Waals surface area contributed by atoms with Crippen molar-refractivity contribution in [3.05, 3.63) is 82.5 Å². The van der Waals surface area contributed by atoms with Gasteiger partial charge >= 0.3 is 31.4 Å². The summed E-state index contributed by atoms with van der Waals surface area (Å²) in [6.45, 7) is 16.1. The van der Waals surface area contributed by atoms with E-state index in [1.54, 1.807) is 0 Å². The fourth-order valence-electron chi connectivity index (χ4n) is 5.77. The van der Waals surface area contributed by atoms with Gasteiger partial charge < -0.3 is 20.2 Å². The van der Waals surface area contributed by atoms with Crippen LogP contribution in [-0.4, -0.2) is 42.1 Å². The molecule has 8 nitrogen and oxygen atoms in total. The van der Waals surface area contributed by atoms with Gasteiger partial charge in [0.15, 0.2) is 0 Å². The summed E-state index contributed by atoms with van der Waals surface area (Å²) >= 11 is 0. The van der Waals surface area contributed by atoms with Gasteiger partial charge in [0.05, 0.1) is 22.8 Å². The molecule has 0 saturated heterocycles. The molecule has 43 heavy (non-hydrogen) atoms. The van der Waals surface area contributed by atoms with Gasteiger partial charge in [-0.25, -0.2) is 9.97 Å². The van der Waals surface area contributed by atoms with Crippen LogP contribution in [0.1, 0.15) is 84.6 Å². The Balaban J connectivity index is 0.00000423. The van der Waals surface area contributed by atoms with Gasteiger partial charge in [0.2, 0.25) is 0 Å². The molecule has 0 fully saturated rings. The summed E-state index contributed by atoms with van der Waals surface area (Å²) in [6, 6.07) is 7.88. The average Bonchev–Trinajstić information content (AvgIpc) is 3.59. The van der Waals surface area contributed by atoms with Crippen LogP contribution in [0.5, 0.6) is 0 Å². The Labute approximate surface area is 262 Å². The molecule has 3 aromatic rings. The van der Waals surface area contributed by atoms with Gasteiger partial charge in [-0.3, -0.25) is 9.59 Å². The first-order valence-electron chi connectivity index (χ1n) is 13.9. The van der Waals surface area contributed by atoms with Gasteiger partial charge in [0, 0.05) is 46.0 Å². The predicted molar refractivity (Wildman–Crippen MR) is 169 cm³/mol. The molecular formula is C34H34N4O4Ru+3. The summed E-state index contributed by atoms with van der Waals surface area (Å²) in [5, 5.41) is 18.9. The number of aliphatic carboxylic acids is 2. The molecule has 8 bridgehead atoms. The van der Waals surface area contributed by atoms with Crippen molar-refractivity contribution in [3.8, 4) is 0 Å². The number of rotatable bonds is 8. The van der Waals surface area contributed by atoms with E-state index in [1.165, 1.54) is 0 Å². The molecule has 0 atom stereocenters. The van der Waals surface area contributed by atoms with Crippen molar-refractivity contribution < 1.29 is 39.3 Å². The summed E-state index contributed by atoms with van der Waals surface area (Å²) in [4.78, 5) is 40.0. The number of allylic oxidation sites excluding steroid dienone is 4. The first kappa shape index (κ1) is 31.6. The zero-order valence-corrected chi connectivity index (χ0v) is 26.4. The monoisotopic (exact) mass is 664 g/mol. The first-order chi connectivity index (χ1) is 20.0. The molecule has 2 aliphatic heterocycles. The van der Waals surface area contributed by atoms with Gasteiger partial charge in [-0.15, -0.1) is 0 Å². The standard InChI is InChI=1S/C34H34N4O4.Ru/c1-7-21-17(3)25-13-26-19(5)23(9-11-33(39)40)31(37-26)16-32-24(10-12-34(41)42)20(6)28(38-32)15-30-22(8-2)18(4)27(36-30)14-29(21)35-25;/h7-8,13-16,35-36H,1-2,9-12H2,3-6H3,(H,39,40)(H,41,42);/q;+3. The Kier molecular flexibility index (Phi) is 9.16. The van der Waals surface area contributed by atoms with Crippen molar-refractivity contribution in [1.29, 1.82) is 0 Å². The third kappa shape index (κ3) is 5.95. The van der Waals surface area contributed by atoms with Crippen LogP contribution in [0.15, 0.2) is 37.4 Å². The predicted octanol–water partition coefficient (Wildman–Crippen LogP) is 7.81. The number of aromatic amines is 2. The maximum absolute atomic E-state index is 11.5. The summed E-state index contributed by atoms with van der Waals surface area (Å²) in [6.07, 6.45) is 4.20. The van der Waals surface area contributed by atoms with Crippen LogP contribution >= 0.6 is 0 Å². The molecule has 5 rings (SSSR count). The normalized spacial score (nSPS) is 12.7. The smallest absolute Gasteiger partial charge is 0.481 e. The number of fused-ring (bicyclic) bond motifs is 8. The number of hydrogen-bond donors (Lipinski definition) is 4. The van der Waals surface area contributed by atoms with E-state index in [2.05, 4.69) is 29.2 Å². The van der Waals surface area contributed by atoms with Crippen molar-refractivity contribution in [2.75, 3.05) is 0 Å². The second kappa shape index (κ2) is 12.5. The minimum absolute atomic E-state index is 0. The molecule has 9 heteroatoms. The van der Waals surface area contributed by atoms with E-state index in [-0.39, 0.29) is 32.3 Å². The number of aryl methyl sites for hydroxylation is 2. The van der Waals surface area contributed by atoms with Crippen LogP contribution in [0.25, 0.3) is 56.5 Å². The van der Waals surface area contributed by atoms with E-state index in [0.29, 0.717) is 24.2 Å². The third-order valence-electron chi connectivity index (χ3n) is 8.22. The summed E-state index contributed by atoms with van der Waals surface area (Å²) in [5.74, 6) is -1.78. The van der Waals surface area contributed by atoms with E-state index >= 15 is 0 Å². The minimum atomic E-state index is -0.889. The molecule has 0 unspecified atom stereocenters. The number of hydrogen-bond acceptors (Lipinski definition) is 4. The Morgan fingerprint density at radius 2 is 1.07 bits per heavy atom. The van der Waals surface area contributed by atoms with Crippen molar-refractivity contribution in [3.63, 3.8) is 0 Å². The van der Waals surface area contributed by atoms with Crippen LogP contribution in [0.2, 0.25) is 0 Å². The Morgan fingerprint density at radius 3 is 1.49 bits per heavy atom. The molecular weight excluding hydrogens is 629 g/mol. The van der Waals surface area contributed by atoms with E-state index in [0.717, 1.165) is 78.0 Å². The van der Waals surface area contributed by atoms with Crippen LogP contribution in [-0.2, 0) is 29.1 Å². The molecule has 1 radical (unpaired) electrons. The maximum atomic E-state index is 11.5. The zero-order chi connectivity index (χ0) is 30.3. The minimum Gasteiger partial charge on any atom is -0.481 e. The Morgan fingerprint density at radius 1 is 0.674 bits per heavy atom. The fraction of sp³-hybridized carbons (Fsp3) is 0.235. The Hall–Kier alpha value is -4.36. The van der Waals surface area contributed by atoms with Crippen molar-refractivity contribution in [2.24, 2.45) is 0 Å². The molecule has 4 N–H and O–H groups in total. The molecule has 2 aliphatic rings. The second-order valence-electron chi connectivity index (χ2n) is 10.7. The zero-order valence-electron chi connectivity index (χ0n) is 24.7. The van der Waals surface area contributed by atoms with Crippen LogP contribution in [0.3, 0.4) is 0 Å². The number of nitrogens with zero attached hydrogens (tertiary/aromatic N) is 2. The fourth-order valence-corrected chi connectivity index (χ4v) is 5.77. The van der Waals surface area contributed by atoms with Crippen LogP contribution in [0, 0.1) is 13.8 Å². The number of carbonyl (C=O) groups is 2. The SMILES string of the molecule is C=Cc1c(C)c2cc3[nH]c(cc4nc(cc5nc(cc1[nH]2)C(C)=C5CCC(=O)O)C(CCC(=O)O)=C4C)c(C)c3C=C.[Ru+3]. The largest absolute Gasteiger partial charge is 3.00 e. The van der Waals surface area contributed by atoms with Gasteiger partial charge in [0.25, 0.3) is 0 Å². The van der Waals surface area contributed by atoms with E-state index in [1.807, 2.05) is 58.0 Å². The first-order valence-corrected chi connectivity index (χ1v) is 13.9. The van der Waals surface area contributed by atoms with E-state index in [9.17, 15) is 19.8 Å².